The van der Waals surface area contributed by atoms with E-state index in [0.29, 0.717) is 5.82 Å². The number of halogens is 2. The fourth-order valence-corrected chi connectivity index (χ4v) is 4.16. The highest BCUT2D eigenvalue weighted by Crippen LogP contribution is 2.32. The van der Waals surface area contributed by atoms with Gasteiger partial charge in [-0.1, -0.05) is 23.2 Å². The van der Waals surface area contributed by atoms with Crippen LogP contribution in [-0.4, -0.2) is 28.9 Å². The Morgan fingerprint density at radius 2 is 2.05 bits per heavy atom. The standard InChI is InChI=1S/C10H7Cl2N3O4S2/c1-4-13-10(20-14-4)15-21(18,19)6-3-2-5(11)7(8(6)12)9(16)17/h2-3H,1H3,(H,16,17)(H,13,14,15). The minimum Gasteiger partial charge on any atom is -0.478 e. The van der Waals surface area contributed by atoms with Gasteiger partial charge in [-0.25, -0.2) is 18.2 Å². The zero-order chi connectivity index (χ0) is 15.8. The van der Waals surface area contributed by atoms with Gasteiger partial charge in [0.05, 0.1) is 15.6 Å². The molecule has 0 aliphatic carbocycles. The van der Waals surface area contributed by atoms with Crippen LogP contribution in [0, 0.1) is 6.92 Å². The first-order valence-corrected chi connectivity index (χ1v) is 8.28. The van der Waals surface area contributed by atoms with Crippen molar-refractivity contribution in [2.75, 3.05) is 4.72 Å². The average Bonchev–Trinajstić information content (AvgIpc) is 2.72. The highest BCUT2D eigenvalue weighted by atomic mass is 35.5. The molecule has 1 heterocycles. The Bertz CT molecular complexity index is 820. The number of aromatic carboxylic acids is 1. The molecule has 0 radical (unpaired) electrons. The zero-order valence-corrected chi connectivity index (χ0v) is 13.4. The van der Waals surface area contributed by atoms with Gasteiger partial charge < -0.3 is 5.11 Å². The van der Waals surface area contributed by atoms with Gasteiger partial charge in [0.1, 0.15) is 10.7 Å². The van der Waals surface area contributed by atoms with Crippen molar-refractivity contribution < 1.29 is 18.3 Å². The summed E-state index contributed by atoms with van der Waals surface area (Å²) >= 11 is 12.4. The van der Waals surface area contributed by atoms with Gasteiger partial charge in [-0.3, -0.25) is 4.72 Å². The van der Waals surface area contributed by atoms with Crippen molar-refractivity contribution in [3.63, 3.8) is 0 Å². The number of nitrogens with zero attached hydrogens (tertiary/aromatic N) is 2. The molecule has 112 valence electrons. The summed E-state index contributed by atoms with van der Waals surface area (Å²) in [6.45, 7) is 1.60. The molecule has 0 unspecified atom stereocenters. The van der Waals surface area contributed by atoms with Crippen LogP contribution in [0.2, 0.25) is 10.0 Å². The van der Waals surface area contributed by atoms with Crippen LogP contribution in [-0.2, 0) is 10.0 Å². The molecule has 11 heteroatoms. The molecule has 0 atom stereocenters. The largest absolute Gasteiger partial charge is 0.478 e. The summed E-state index contributed by atoms with van der Waals surface area (Å²) in [6.07, 6.45) is 0. The van der Waals surface area contributed by atoms with Crippen molar-refractivity contribution in [2.45, 2.75) is 11.8 Å². The second-order valence-corrected chi connectivity index (χ2v) is 6.98. The number of hydrogen-bond donors (Lipinski definition) is 2. The number of carboxylic acids is 1. The topological polar surface area (TPSA) is 109 Å². The number of carboxylic acid groups (broad SMARTS) is 1. The van der Waals surface area contributed by atoms with Crippen molar-refractivity contribution in [1.29, 1.82) is 0 Å². The fraction of sp³-hybridized carbons (Fsp3) is 0.100. The van der Waals surface area contributed by atoms with E-state index in [0.717, 1.165) is 23.7 Å². The van der Waals surface area contributed by atoms with Gasteiger partial charge in [0.2, 0.25) is 5.13 Å². The van der Waals surface area contributed by atoms with Crippen molar-refractivity contribution in [3.05, 3.63) is 33.6 Å². The predicted octanol–water partition coefficient (Wildman–Crippen LogP) is 2.65. The molecule has 7 nitrogen and oxygen atoms in total. The quantitative estimate of drug-likeness (QED) is 0.859. The summed E-state index contributed by atoms with van der Waals surface area (Å²) in [5, 5.41) is 8.45. The lowest BCUT2D eigenvalue weighted by atomic mass is 10.2. The number of aryl methyl sites for hydroxylation is 1. The molecule has 0 aliphatic rings. The summed E-state index contributed by atoms with van der Waals surface area (Å²) in [7, 11) is -4.10. The van der Waals surface area contributed by atoms with Gasteiger partial charge in [0.15, 0.2) is 0 Å². The lowest BCUT2D eigenvalue weighted by molar-refractivity contribution is 0.0697. The Hall–Kier alpha value is -1.42. The van der Waals surface area contributed by atoms with Crippen LogP contribution in [0.4, 0.5) is 5.13 Å². The fourth-order valence-electron chi connectivity index (χ4n) is 1.45. The Kier molecular flexibility index (Phi) is 4.38. The van der Waals surface area contributed by atoms with E-state index in [1.54, 1.807) is 6.92 Å². The third-order valence-electron chi connectivity index (χ3n) is 2.31. The smallest absolute Gasteiger partial charge is 0.338 e. The Labute approximate surface area is 133 Å². The number of hydrogen-bond acceptors (Lipinski definition) is 6. The maximum Gasteiger partial charge on any atom is 0.338 e. The molecule has 1 aromatic heterocycles. The predicted molar refractivity (Wildman–Crippen MR) is 78.9 cm³/mol. The van der Waals surface area contributed by atoms with E-state index in [9.17, 15) is 13.2 Å². The number of anilines is 1. The lowest BCUT2D eigenvalue weighted by Gasteiger charge is -2.09. The summed E-state index contributed by atoms with van der Waals surface area (Å²) in [4.78, 5) is 14.5. The molecule has 2 N–H and O–H groups in total. The van der Waals surface area contributed by atoms with Crippen LogP contribution < -0.4 is 4.72 Å². The molecule has 0 saturated carbocycles. The normalized spacial score (nSPS) is 11.4. The number of sulfonamides is 1. The van der Waals surface area contributed by atoms with Crippen LogP contribution in [0.3, 0.4) is 0 Å². The molecule has 2 aromatic rings. The number of aromatic nitrogens is 2. The SMILES string of the molecule is Cc1nsc(NS(=O)(=O)c2ccc(Cl)c(C(=O)O)c2Cl)n1. The first-order valence-electron chi connectivity index (χ1n) is 5.27. The molecule has 21 heavy (non-hydrogen) atoms. The highest BCUT2D eigenvalue weighted by Gasteiger charge is 2.25. The van der Waals surface area contributed by atoms with E-state index in [1.165, 1.54) is 0 Å². The maximum atomic E-state index is 12.2. The van der Waals surface area contributed by atoms with Gasteiger partial charge >= 0.3 is 5.97 Å². The first kappa shape index (κ1) is 16.0. The van der Waals surface area contributed by atoms with E-state index in [1.807, 2.05) is 0 Å². The molecular weight excluding hydrogens is 361 g/mol. The Morgan fingerprint density at radius 3 is 2.57 bits per heavy atom. The molecular formula is C10H7Cl2N3O4S2. The molecule has 0 aliphatic heterocycles. The molecule has 0 bridgehead atoms. The monoisotopic (exact) mass is 367 g/mol. The number of nitrogens with one attached hydrogen (secondary N) is 1. The van der Waals surface area contributed by atoms with Crippen molar-refractivity contribution in [2.24, 2.45) is 0 Å². The summed E-state index contributed by atoms with van der Waals surface area (Å²) < 4.78 is 30.5. The van der Waals surface area contributed by atoms with Crippen LogP contribution >= 0.6 is 34.7 Å². The van der Waals surface area contributed by atoms with Crippen LogP contribution in [0.1, 0.15) is 16.2 Å². The minimum absolute atomic E-state index is 0.0513. The third-order valence-corrected chi connectivity index (χ3v) is 5.36. The maximum absolute atomic E-state index is 12.2. The Balaban J connectivity index is 2.50. The summed E-state index contributed by atoms with van der Waals surface area (Å²) in [5.41, 5.74) is -0.477. The zero-order valence-electron chi connectivity index (χ0n) is 10.3. The van der Waals surface area contributed by atoms with E-state index < -0.39 is 31.5 Å². The van der Waals surface area contributed by atoms with Gasteiger partial charge in [-0.05, 0) is 19.1 Å². The molecule has 0 spiro atoms. The van der Waals surface area contributed by atoms with Crippen LogP contribution in [0.25, 0.3) is 0 Å². The highest BCUT2D eigenvalue weighted by molar-refractivity contribution is 7.93. The van der Waals surface area contributed by atoms with Gasteiger partial charge in [-0.15, -0.1) is 0 Å². The molecule has 0 saturated heterocycles. The summed E-state index contributed by atoms with van der Waals surface area (Å²) in [5.74, 6) is -1.01. The lowest BCUT2D eigenvalue weighted by Crippen LogP contribution is -2.15. The van der Waals surface area contributed by atoms with Gasteiger partial charge in [-0.2, -0.15) is 4.37 Å². The average molecular weight is 368 g/mol. The number of benzene rings is 1. The van der Waals surface area contributed by atoms with Crippen molar-refractivity contribution >= 4 is 55.9 Å². The van der Waals surface area contributed by atoms with Crippen molar-refractivity contribution in [3.8, 4) is 0 Å². The molecule has 2 rings (SSSR count). The second-order valence-electron chi connectivity index (χ2n) is 3.79. The summed E-state index contributed by atoms with van der Waals surface area (Å²) in [6, 6.07) is 2.27. The van der Waals surface area contributed by atoms with E-state index in [-0.39, 0.29) is 10.2 Å². The van der Waals surface area contributed by atoms with Gasteiger partial charge in [0.25, 0.3) is 10.0 Å². The van der Waals surface area contributed by atoms with E-state index >= 15 is 0 Å². The number of carbonyl (C=O) groups is 1. The van der Waals surface area contributed by atoms with E-state index in [4.69, 9.17) is 28.3 Å². The number of rotatable bonds is 4. The molecule has 1 aromatic carbocycles. The van der Waals surface area contributed by atoms with Crippen LogP contribution in [0.5, 0.6) is 0 Å². The van der Waals surface area contributed by atoms with E-state index in [2.05, 4.69) is 14.1 Å². The second kappa shape index (κ2) is 5.76. The molecule has 0 amide bonds. The third kappa shape index (κ3) is 3.26. The first-order chi connectivity index (χ1) is 9.72. The molecule has 0 fully saturated rings. The van der Waals surface area contributed by atoms with Crippen LogP contribution in [0.15, 0.2) is 17.0 Å². The van der Waals surface area contributed by atoms with Gasteiger partial charge in [0, 0.05) is 11.5 Å². The Morgan fingerprint density at radius 1 is 1.38 bits per heavy atom. The minimum atomic E-state index is -4.10. The van der Waals surface area contributed by atoms with Crippen molar-refractivity contribution in [1.82, 2.24) is 9.36 Å².